The number of piperidine rings is 1. The number of likely N-dealkylation sites (tertiary alicyclic amines) is 1. The molecule has 1 fully saturated rings. The Hall–Kier alpha value is -2.83. The van der Waals surface area contributed by atoms with Crippen molar-refractivity contribution < 1.29 is 14.3 Å². The van der Waals surface area contributed by atoms with Gasteiger partial charge in [0.15, 0.2) is 6.73 Å². The molecule has 1 aromatic carbocycles. The molecule has 3 rings (SSSR count). The lowest BCUT2D eigenvalue weighted by Crippen LogP contribution is -2.48. The maximum absolute atomic E-state index is 12.4. The Bertz CT molecular complexity index is 796. The molecule has 0 bridgehead atoms. The van der Waals surface area contributed by atoms with Crippen LogP contribution in [-0.4, -0.2) is 45.6 Å². The van der Waals surface area contributed by atoms with Crippen LogP contribution >= 0.6 is 0 Å². The molecule has 2 aromatic rings. The van der Waals surface area contributed by atoms with E-state index < -0.39 is 6.04 Å². The van der Waals surface area contributed by atoms with Gasteiger partial charge < -0.3 is 15.0 Å². The third-order valence-corrected chi connectivity index (χ3v) is 4.70. The number of nitrogens with one attached hydrogen (secondary N) is 1. The van der Waals surface area contributed by atoms with Crippen molar-refractivity contribution in [3.05, 3.63) is 47.8 Å². The number of ether oxygens (including phenoxy) is 1. The van der Waals surface area contributed by atoms with Gasteiger partial charge in [0.05, 0.1) is 0 Å². The summed E-state index contributed by atoms with van der Waals surface area (Å²) in [6.45, 7) is 5.43. The minimum absolute atomic E-state index is 0.0367. The Kier molecular flexibility index (Phi) is 6.11. The minimum atomic E-state index is -0.566. The molecule has 27 heavy (non-hydrogen) atoms. The average molecular weight is 370 g/mol. The predicted octanol–water partition coefficient (Wildman–Crippen LogP) is 2.36. The minimum Gasteiger partial charge on any atom is -0.471 e. The Balaban J connectivity index is 1.53. The van der Waals surface area contributed by atoms with Crippen molar-refractivity contribution in [1.82, 2.24) is 20.0 Å². The molecule has 144 valence electrons. The first kappa shape index (κ1) is 18.9. The summed E-state index contributed by atoms with van der Waals surface area (Å²) in [5.74, 6) is 0.382. The molecular weight excluding hydrogens is 344 g/mol. The molecule has 0 aliphatic carbocycles. The van der Waals surface area contributed by atoms with Gasteiger partial charge in [-0.3, -0.25) is 9.59 Å². The summed E-state index contributed by atoms with van der Waals surface area (Å²) in [5, 5.41) is 6.98. The fraction of sp³-hybridized carbons (Fsp3) is 0.450. The maximum atomic E-state index is 12.4. The van der Waals surface area contributed by atoms with E-state index >= 15 is 0 Å². The van der Waals surface area contributed by atoms with Gasteiger partial charge in [-0.25, -0.2) is 4.68 Å². The normalized spacial score (nSPS) is 15.3. The number of benzene rings is 1. The van der Waals surface area contributed by atoms with Crippen LogP contribution in [0.2, 0.25) is 0 Å². The molecular formula is C20H26N4O3. The zero-order valence-corrected chi connectivity index (χ0v) is 15.9. The summed E-state index contributed by atoms with van der Waals surface area (Å²) < 4.78 is 7.28. The standard InChI is InChI=1S/C20H26N4O3/c1-15-8-4-5-9-18(15)27-14-24-13-10-17(22-24)19(25)21-16(2)20(26)23-11-6-3-7-12-23/h4-5,8-10,13,16H,3,6-7,11-12,14H2,1-2H3,(H,21,25)/t16-/m1/s1. The largest absolute Gasteiger partial charge is 0.471 e. The highest BCUT2D eigenvalue weighted by atomic mass is 16.5. The molecule has 0 spiro atoms. The van der Waals surface area contributed by atoms with Gasteiger partial charge in [0.2, 0.25) is 5.91 Å². The van der Waals surface area contributed by atoms with E-state index in [-0.39, 0.29) is 24.2 Å². The molecule has 1 aromatic heterocycles. The van der Waals surface area contributed by atoms with Crippen molar-refractivity contribution >= 4 is 11.8 Å². The van der Waals surface area contributed by atoms with Crippen LogP contribution in [0.4, 0.5) is 0 Å². The average Bonchev–Trinajstić information content (AvgIpc) is 3.16. The molecule has 0 saturated carbocycles. The van der Waals surface area contributed by atoms with Crippen molar-refractivity contribution in [2.24, 2.45) is 0 Å². The Morgan fingerprint density at radius 2 is 1.93 bits per heavy atom. The van der Waals surface area contributed by atoms with Crippen LogP contribution in [0.3, 0.4) is 0 Å². The summed E-state index contributed by atoms with van der Waals surface area (Å²) in [5.41, 5.74) is 1.30. The van der Waals surface area contributed by atoms with Crippen molar-refractivity contribution in [2.75, 3.05) is 13.1 Å². The number of rotatable bonds is 6. The third-order valence-electron chi connectivity index (χ3n) is 4.70. The van der Waals surface area contributed by atoms with E-state index in [9.17, 15) is 9.59 Å². The smallest absolute Gasteiger partial charge is 0.272 e. The number of aromatic nitrogens is 2. The molecule has 0 radical (unpaired) electrons. The van der Waals surface area contributed by atoms with E-state index in [4.69, 9.17) is 4.74 Å². The van der Waals surface area contributed by atoms with Gasteiger partial charge in [-0.15, -0.1) is 0 Å². The topological polar surface area (TPSA) is 76.5 Å². The first-order valence-electron chi connectivity index (χ1n) is 9.36. The van der Waals surface area contributed by atoms with Crippen molar-refractivity contribution in [2.45, 2.75) is 45.9 Å². The maximum Gasteiger partial charge on any atom is 0.272 e. The second kappa shape index (κ2) is 8.70. The number of hydrogen-bond donors (Lipinski definition) is 1. The Morgan fingerprint density at radius 1 is 1.19 bits per heavy atom. The summed E-state index contributed by atoms with van der Waals surface area (Å²) in [7, 11) is 0. The number of carbonyl (C=O) groups excluding carboxylic acids is 2. The molecule has 1 aliphatic heterocycles. The van der Waals surface area contributed by atoms with Gasteiger partial charge in [-0.05, 0) is 50.8 Å². The number of nitrogens with zero attached hydrogens (tertiary/aromatic N) is 3. The lowest BCUT2D eigenvalue weighted by atomic mass is 10.1. The van der Waals surface area contributed by atoms with Crippen LogP contribution in [-0.2, 0) is 11.5 Å². The van der Waals surface area contributed by atoms with Crippen LogP contribution in [0, 0.1) is 6.92 Å². The number of carbonyl (C=O) groups is 2. The SMILES string of the molecule is Cc1ccccc1OCn1ccc(C(=O)N[C@H](C)C(=O)N2CCCCC2)n1. The predicted molar refractivity (Wildman–Crippen MR) is 101 cm³/mol. The zero-order chi connectivity index (χ0) is 19.2. The van der Waals surface area contributed by atoms with Gasteiger partial charge in [0.25, 0.3) is 5.91 Å². The van der Waals surface area contributed by atoms with E-state index in [1.54, 1.807) is 23.9 Å². The number of amides is 2. The summed E-state index contributed by atoms with van der Waals surface area (Å²) in [6.07, 6.45) is 4.90. The second-order valence-corrected chi connectivity index (χ2v) is 6.86. The van der Waals surface area contributed by atoms with Crippen molar-refractivity contribution in [3.63, 3.8) is 0 Å². The lowest BCUT2D eigenvalue weighted by molar-refractivity contribution is -0.133. The molecule has 2 heterocycles. The highest BCUT2D eigenvalue weighted by Crippen LogP contribution is 2.16. The molecule has 1 N–H and O–H groups in total. The Labute approximate surface area is 159 Å². The van der Waals surface area contributed by atoms with Crippen LogP contribution in [0.25, 0.3) is 0 Å². The number of para-hydroxylation sites is 1. The van der Waals surface area contributed by atoms with Crippen LogP contribution in [0.1, 0.15) is 42.2 Å². The fourth-order valence-electron chi connectivity index (χ4n) is 3.13. The first-order valence-corrected chi connectivity index (χ1v) is 9.36. The molecule has 0 unspecified atom stereocenters. The zero-order valence-electron chi connectivity index (χ0n) is 15.9. The van der Waals surface area contributed by atoms with E-state index in [1.807, 2.05) is 36.1 Å². The molecule has 1 atom stereocenters. The van der Waals surface area contributed by atoms with Crippen molar-refractivity contribution in [3.8, 4) is 5.75 Å². The van der Waals surface area contributed by atoms with E-state index in [0.717, 1.165) is 43.7 Å². The van der Waals surface area contributed by atoms with Crippen LogP contribution < -0.4 is 10.1 Å². The first-order chi connectivity index (χ1) is 13.0. The molecule has 2 amide bonds. The van der Waals surface area contributed by atoms with Gasteiger partial charge in [0.1, 0.15) is 17.5 Å². The molecule has 1 aliphatic rings. The van der Waals surface area contributed by atoms with Gasteiger partial charge in [0, 0.05) is 19.3 Å². The van der Waals surface area contributed by atoms with E-state index in [2.05, 4.69) is 10.4 Å². The van der Waals surface area contributed by atoms with Gasteiger partial charge in [-0.2, -0.15) is 5.10 Å². The molecule has 7 heteroatoms. The lowest BCUT2D eigenvalue weighted by Gasteiger charge is -2.29. The van der Waals surface area contributed by atoms with Crippen molar-refractivity contribution in [1.29, 1.82) is 0 Å². The summed E-state index contributed by atoms with van der Waals surface area (Å²) >= 11 is 0. The number of aryl methyl sites for hydroxylation is 1. The number of hydrogen-bond acceptors (Lipinski definition) is 4. The Morgan fingerprint density at radius 3 is 2.67 bits per heavy atom. The van der Waals surface area contributed by atoms with E-state index in [1.165, 1.54) is 0 Å². The van der Waals surface area contributed by atoms with E-state index in [0.29, 0.717) is 0 Å². The third kappa shape index (κ3) is 4.87. The highest BCUT2D eigenvalue weighted by molar-refractivity contribution is 5.95. The monoisotopic (exact) mass is 370 g/mol. The molecule has 1 saturated heterocycles. The second-order valence-electron chi connectivity index (χ2n) is 6.86. The van der Waals surface area contributed by atoms with Gasteiger partial charge >= 0.3 is 0 Å². The van der Waals surface area contributed by atoms with Gasteiger partial charge in [-0.1, -0.05) is 18.2 Å². The quantitative estimate of drug-likeness (QED) is 0.847. The highest BCUT2D eigenvalue weighted by Gasteiger charge is 2.24. The van der Waals surface area contributed by atoms with Crippen LogP contribution in [0.5, 0.6) is 5.75 Å². The summed E-state index contributed by atoms with van der Waals surface area (Å²) in [6, 6.07) is 8.77. The molecule has 7 nitrogen and oxygen atoms in total. The van der Waals surface area contributed by atoms with Crippen LogP contribution in [0.15, 0.2) is 36.5 Å². The summed E-state index contributed by atoms with van der Waals surface area (Å²) in [4.78, 5) is 26.6. The fourth-order valence-corrected chi connectivity index (χ4v) is 3.13.